The van der Waals surface area contributed by atoms with Gasteiger partial charge in [-0.3, -0.25) is 9.59 Å². The van der Waals surface area contributed by atoms with E-state index in [9.17, 15) is 14.4 Å². The van der Waals surface area contributed by atoms with Crippen molar-refractivity contribution < 1.29 is 23.8 Å². The predicted octanol–water partition coefficient (Wildman–Crippen LogP) is 3.81. The molecule has 0 radical (unpaired) electrons. The van der Waals surface area contributed by atoms with Crippen molar-refractivity contribution in [1.82, 2.24) is 5.32 Å². The minimum atomic E-state index is -1.19. The van der Waals surface area contributed by atoms with E-state index in [-0.39, 0.29) is 22.8 Å². The van der Waals surface area contributed by atoms with Crippen LogP contribution in [-0.4, -0.2) is 28.7 Å². The zero-order valence-corrected chi connectivity index (χ0v) is 19.8. The van der Waals surface area contributed by atoms with Crippen LogP contribution in [0.15, 0.2) is 40.5 Å². The Morgan fingerprint density at radius 2 is 1.45 bits per heavy atom. The fourth-order valence-corrected chi connectivity index (χ4v) is 2.96. The van der Waals surface area contributed by atoms with Crippen LogP contribution in [0.1, 0.15) is 73.8 Å². The number of carbonyl (C=O) groups excluding carboxylic acids is 2. The van der Waals surface area contributed by atoms with E-state index in [1.165, 1.54) is 6.07 Å². The van der Waals surface area contributed by atoms with Gasteiger partial charge in [0.1, 0.15) is 22.7 Å². The summed E-state index contributed by atoms with van der Waals surface area (Å²) in [6.45, 7) is 16.0. The molecule has 0 aliphatic carbocycles. The van der Waals surface area contributed by atoms with Gasteiger partial charge in [-0.1, -0.05) is 18.2 Å². The highest BCUT2D eigenvalue weighted by molar-refractivity contribution is 6.00. The Labute approximate surface area is 183 Å². The SMILES string of the molecule is CC(C)(C)NC1=C(C(=O)OC(C)(C)C)C(C(=O)OC(C)(C)C)c2ccccc(=O)c2O1. The van der Waals surface area contributed by atoms with Gasteiger partial charge in [0.25, 0.3) is 0 Å². The molecule has 0 amide bonds. The molecule has 1 atom stereocenters. The fourth-order valence-electron chi connectivity index (χ4n) is 2.96. The van der Waals surface area contributed by atoms with Gasteiger partial charge >= 0.3 is 11.9 Å². The summed E-state index contributed by atoms with van der Waals surface area (Å²) >= 11 is 0. The van der Waals surface area contributed by atoms with E-state index in [0.717, 1.165) is 0 Å². The molecule has 0 aromatic heterocycles. The van der Waals surface area contributed by atoms with E-state index in [2.05, 4.69) is 5.32 Å². The van der Waals surface area contributed by atoms with E-state index < -0.39 is 40.0 Å². The van der Waals surface area contributed by atoms with E-state index in [1.54, 1.807) is 59.7 Å². The summed E-state index contributed by atoms with van der Waals surface area (Å²) < 4.78 is 17.1. The van der Waals surface area contributed by atoms with Crippen LogP contribution in [-0.2, 0) is 19.1 Å². The fraction of sp³-hybridized carbons (Fsp3) is 0.542. The number of nitrogens with one attached hydrogen (secondary N) is 1. The lowest BCUT2D eigenvalue weighted by molar-refractivity contribution is -0.160. The van der Waals surface area contributed by atoms with E-state index >= 15 is 0 Å². The monoisotopic (exact) mass is 431 g/mol. The second-order valence-corrected chi connectivity index (χ2v) is 10.6. The first-order chi connectivity index (χ1) is 14.0. The second kappa shape index (κ2) is 8.36. The Bertz CT molecular complexity index is 958. The highest BCUT2D eigenvalue weighted by Gasteiger charge is 2.44. The third kappa shape index (κ3) is 6.57. The normalized spacial score (nSPS) is 16.7. The molecule has 1 N–H and O–H groups in total. The van der Waals surface area contributed by atoms with Gasteiger partial charge in [-0.05, 0) is 68.4 Å². The molecule has 170 valence electrons. The number of hydrogen-bond acceptors (Lipinski definition) is 7. The van der Waals surface area contributed by atoms with Crippen molar-refractivity contribution in [1.29, 1.82) is 0 Å². The summed E-state index contributed by atoms with van der Waals surface area (Å²) in [5.74, 6) is -2.60. The molecule has 31 heavy (non-hydrogen) atoms. The average molecular weight is 432 g/mol. The van der Waals surface area contributed by atoms with Crippen LogP contribution in [0.3, 0.4) is 0 Å². The van der Waals surface area contributed by atoms with Gasteiger partial charge in [0.2, 0.25) is 11.3 Å². The molecule has 0 bridgehead atoms. The summed E-state index contributed by atoms with van der Waals surface area (Å²) in [6, 6.07) is 6.11. The van der Waals surface area contributed by atoms with E-state index in [1.807, 2.05) is 20.8 Å². The number of hydrogen-bond donors (Lipinski definition) is 1. The van der Waals surface area contributed by atoms with Gasteiger partial charge in [-0.25, -0.2) is 4.79 Å². The molecule has 0 fully saturated rings. The molecule has 0 saturated heterocycles. The number of rotatable bonds is 3. The summed E-state index contributed by atoms with van der Waals surface area (Å²) in [6.07, 6.45) is 0. The van der Waals surface area contributed by atoms with Gasteiger partial charge in [-0.2, -0.15) is 0 Å². The molecule has 1 heterocycles. The predicted molar refractivity (Wildman–Crippen MR) is 118 cm³/mol. The quantitative estimate of drug-likeness (QED) is 0.728. The third-order valence-corrected chi connectivity index (χ3v) is 3.92. The first kappa shape index (κ1) is 24.4. The van der Waals surface area contributed by atoms with Crippen LogP contribution < -0.4 is 15.5 Å². The molecule has 0 saturated carbocycles. The van der Waals surface area contributed by atoms with Gasteiger partial charge in [0.05, 0.1) is 0 Å². The Morgan fingerprint density at radius 1 is 0.903 bits per heavy atom. The standard InChI is InChI=1S/C24H33NO6/c1-22(2,3)25-19-17(21(28)31-24(7,8)9)16(20(27)30-23(4,5)6)14-12-10-11-13-15(26)18(14)29-19/h10-13,16,25H,1-9H3. The molecular formula is C24H33NO6. The van der Waals surface area contributed by atoms with Crippen LogP contribution in [0.5, 0.6) is 5.75 Å². The summed E-state index contributed by atoms with van der Waals surface area (Å²) in [5.41, 5.74) is -2.32. The lowest BCUT2D eigenvalue weighted by Gasteiger charge is -2.33. The van der Waals surface area contributed by atoms with Crippen LogP contribution in [0.2, 0.25) is 0 Å². The van der Waals surface area contributed by atoms with Crippen molar-refractivity contribution in [2.24, 2.45) is 0 Å². The zero-order valence-electron chi connectivity index (χ0n) is 19.8. The van der Waals surface area contributed by atoms with Crippen LogP contribution in [0, 0.1) is 0 Å². The average Bonchev–Trinajstić information content (AvgIpc) is 2.70. The number of esters is 2. The lowest BCUT2D eigenvalue weighted by Crippen LogP contribution is -2.43. The smallest absolute Gasteiger partial charge is 0.341 e. The summed E-state index contributed by atoms with van der Waals surface area (Å²) in [4.78, 5) is 39.3. The molecule has 0 spiro atoms. The molecule has 1 aliphatic heterocycles. The first-order valence-electron chi connectivity index (χ1n) is 10.3. The minimum Gasteiger partial charge on any atom is -0.459 e. The summed E-state index contributed by atoms with van der Waals surface area (Å²) in [5, 5.41) is 3.11. The second-order valence-electron chi connectivity index (χ2n) is 10.6. The summed E-state index contributed by atoms with van der Waals surface area (Å²) in [7, 11) is 0. The molecule has 7 nitrogen and oxygen atoms in total. The Balaban J connectivity index is 2.80. The maximum atomic E-state index is 13.3. The molecule has 1 aromatic rings. The van der Waals surface area contributed by atoms with Crippen molar-refractivity contribution >= 4 is 11.9 Å². The Morgan fingerprint density at radius 3 is 1.97 bits per heavy atom. The molecule has 1 unspecified atom stereocenters. The van der Waals surface area contributed by atoms with Crippen LogP contribution >= 0.6 is 0 Å². The highest BCUT2D eigenvalue weighted by atomic mass is 16.6. The molecule has 1 aliphatic rings. The van der Waals surface area contributed by atoms with Gasteiger partial charge < -0.3 is 19.5 Å². The topological polar surface area (TPSA) is 90.9 Å². The van der Waals surface area contributed by atoms with E-state index in [0.29, 0.717) is 0 Å². The third-order valence-electron chi connectivity index (χ3n) is 3.92. The first-order valence-corrected chi connectivity index (χ1v) is 10.3. The Kier molecular flexibility index (Phi) is 6.59. The van der Waals surface area contributed by atoms with Crippen LogP contribution in [0.4, 0.5) is 0 Å². The van der Waals surface area contributed by atoms with Crippen LogP contribution in [0.25, 0.3) is 0 Å². The lowest BCUT2D eigenvalue weighted by atomic mass is 9.88. The zero-order chi connectivity index (χ0) is 23.8. The number of fused-ring (bicyclic) bond motifs is 1. The Hall–Kier alpha value is -2.83. The minimum absolute atomic E-state index is 0.00779. The van der Waals surface area contributed by atoms with Crippen molar-refractivity contribution in [2.45, 2.75) is 85.0 Å². The molecular weight excluding hydrogens is 398 g/mol. The van der Waals surface area contributed by atoms with E-state index in [4.69, 9.17) is 14.2 Å². The van der Waals surface area contributed by atoms with Gasteiger partial charge in [0.15, 0.2) is 5.75 Å². The van der Waals surface area contributed by atoms with Gasteiger partial charge in [-0.15, -0.1) is 0 Å². The molecule has 7 heteroatoms. The molecule has 2 rings (SSSR count). The maximum absolute atomic E-state index is 13.3. The molecule has 1 aromatic carbocycles. The maximum Gasteiger partial charge on any atom is 0.341 e. The van der Waals surface area contributed by atoms with Crippen molar-refractivity contribution in [3.63, 3.8) is 0 Å². The number of carbonyl (C=O) groups is 2. The highest BCUT2D eigenvalue weighted by Crippen LogP contribution is 2.39. The number of ether oxygens (including phenoxy) is 3. The van der Waals surface area contributed by atoms with Crippen molar-refractivity contribution in [2.75, 3.05) is 0 Å². The van der Waals surface area contributed by atoms with Crippen molar-refractivity contribution in [3.8, 4) is 5.75 Å². The van der Waals surface area contributed by atoms with Crippen molar-refractivity contribution in [3.05, 3.63) is 51.5 Å². The van der Waals surface area contributed by atoms with Gasteiger partial charge in [0, 0.05) is 11.1 Å². The largest absolute Gasteiger partial charge is 0.459 e.